The Hall–Kier alpha value is -2.74. The molecule has 0 aliphatic carbocycles. The van der Waals surface area contributed by atoms with Crippen molar-refractivity contribution in [1.29, 1.82) is 0 Å². The Bertz CT molecular complexity index is 1120. The molecule has 0 aliphatic rings. The number of aromatic nitrogens is 1. The van der Waals surface area contributed by atoms with Gasteiger partial charge in [-0.1, -0.05) is 80.8 Å². The fourth-order valence-corrected chi connectivity index (χ4v) is 6.47. The summed E-state index contributed by atoms with van der Waals surface area (Å²) in [6, 6.07) is 29.9. The predicted molar refractivity (Wildman–Crippen MR) is 132 cm³/mol. The average Bonchev–Trinajstić information content (AvgIpc) is 2.84. The molecule has 0 spiro atoms. The first kappa shape index (κ1) is 21.5. The van der Waals surface area contributed by atoms with Crippen LogP contribution in [0.25, 0.3) is 10.9 Å². The molecule has 1 atom stereocenters. The third-order valence-corrected chi connectivity index (χ3v) is 8.41. The predicted octanol–water partition coefficient (Wildman–Crippen LogP) is 6.37. The Balaban J connectivity index is 1.76. The zero-order valence-corrected chi connectivity index (χ0v) is 18.8. The Labute approximate surface area is 185 Å². The van der Waals surface area contributed by atoms with Crippen molar-refractivity contribution in [3.63, 3.8) is 0 Å². The van der Waals surface area contributed by atoms with Gasteiger partial charge in [0.25, 0.3) is 0 Å². The molecular formula is C27H29N2OP. The molecule has 0 radical (unpaired) electrons. The molecule has 158 valence electrons. The summed E-state index contributed by atoms with van der Waals surface area (Å²) in [7, 11) is -3.03. The molecule has 0 bridgehead atoms. The lowest BCUT2D eigenvalue weighted by Crippen LogP contribution is -2.30. The maximum atomic E-state index is 14.6. The van der Waals surface area contributed by atoms with Crippen molar-refractivity contribution in [2.45, 2.75) is 38.6 Å². The molecule has 3 aromatic carbocycles. The van der Waals surface area contributed by atoms with Crippen LogP contribution in [0.2, 0.25) is 0 Å². The molecule has 1 N–H and O–H groups in total. The second-order valence-corrected chi connectivity index (χ2v) is 10.4. The molecule has 0 fully saturated rings. The van der Waals surface area contributed by atoms with Crippen LogP contribution < -0.4 is 15.7 Å². The number of hydrogen-bond donors (Lipinski definition) is 1. The number of nitrogens with one attached hydrogen (secondary N) is 1. The summed E-state index contributed by atoms with van der Waals surface area (Å²) in [5.41, 5.74) is 2.06. The van der Waals surface area contributed by atoms with Gasteiger partial charge in [0.15, 0.2) is 0 Å². The van der Waals surface area contributed by atoms with Crippen molar-refractivity contribution in [2.24, 2.45) is 0 Å². The Kier molecular flexibility index (Phi) is 6.96. The van der Waals surface area contributed by atoms with Crippen molar-refractivity contribution in [1.82, 2.24) is 10.1 Å². The van der Waals surface area contributed by atoms with Crippen LogP contribution >= 0.6 is 7.29 Å². The molecule has 0 amide bonds. The number of pyridine rings is 1. The van der Waals surface area contributed by atoms with Crippen LogP contribution in [0.5, 0.6) is 0 Å². The lowest BCUT2D eigenvalue weighted by molar-refractivity contribution is 0.524. The molecule has 0 aliphatic heterocycles. The largest absolute Gasteiger partial charge is 0.297 e. The third kappa shape index (κ3) is 4.95. The first-order valence-corrected chi connectivity index (χ1v) is 12.7. The molecule has 4 heteroatoms. The van der Waals surface area contributed by atoms with E-state index < -0.39 is 7.29 Å². The van der Waals surface area contributed by atoms with Gasteiger partial charge in [0, 0.05) is 28.2 Å². The first-order valence-electron chi connectivity index (χ1n) is 11.0. The Morgan fingerprint density at radius 1 is 0.839 bits per heavy atom. The zero-order valence-electron chi connectivity index (χ0n) is 17.9. The van der Waals surface area contributed by atoms with Crippen molar-refractivity contribution in [3.8, 4) is 0 Å². The topological polar surface area (TPSA) is 42.0 Å². The van der Waals surface area contributed by atoms with E-state index >= 15 is 0 Å². The van der Waals surface area contributed by atoms with E-state index in [-0.39, 0.29) is 6.04 Å². The molecule has 0 unspecified atom stereocenters. The molecule has 4 aromatic rings. The monoisotopic (exact) mass is 428 g/mol. The standard InChI is InChI=1S/C27H29N2OP/c1-2-3-6-19-27(23-20-22-13-11-12-18-26(22)28-21-23)29-31(30,24-14-7-4-8-15-24)25-16-9-5-10-17-25/h4-5,7-18,20-21,27H,2-3,6,19H2,1H3,(H,29,30)/t27-/m0/s1. The Morgan fingerprint density at radius 3 is 2.10 bits per heavy atom. The number of nitrogens with zero attached hydrogens (tertiary/aromatic N) is 1. The van der Waals surface area contributed by atoms with E-state index in [2.05, 4.69) is 29.1 Å². The van der Waals surface area contributed by atoms with Gasteiger partial charge in [-0.2, -0.15) is 0 Å². The molecule has 1 heterocycles. The van der Waals surface area contributed by atoms with Crippen LogP contribution in [0, 0.1) is 0 Å². The average molecular weight is 429 g/mol. The third-order valence-electron chi connectivity index (χ3n) is 5.69. The van der Waals surface area contributed by atoms with Gasteiger partial charge < -0.3 is 0 Å². The van der Waals surface area contributed by atoms with Gasteiger partial charge >= 0.3 is 0 Å². The van der Waals surface area contributed by atoms with E-state index in [0.717, 1.165) is 52.8 Å². The fourth-order valence-electron chi connectivity index (χ4n) is 3.98. The van der Waals surface area contributed by atoms with Gasteiger partial charge in [0.05, 0.1) is 5.52 Å². The van der Waals surface area contributed by atoms with Crippen molar-refractivity contribution < 1.29 is 4.57 Å². The minimum Gasteiger partial charge on any atom is -0.297 e. The Morgan fingerprint density at radius 2 is 1.45 bits per heavy atom. The van der Waals surface area contributed by atoms with Crippen LogP contribution in [-0.4, -0.2) is 4.98 Å². The lowest BCUT2D eigenvalue weighted by Gasteiger charge is -2.27. The lowest BCUT2D eigenvalue weighted by atomic mass is 10.0. The molecule has 3 nitrogen and oxygen atoms in total. The van der Waals surface area contributed by atoms with Crippen molar-refractivity contribution in [2.75, 3.05) is 0 Å². The van der Waals surface area contributed by atoms with E-state index in [1.165, 1.54) is 0 Å². The van der Waals surface area contributed by atoms with E-state index in [4.69, 9.17) is 0 Å². The minimum absolute atomic E-state index is 0.0464. The highest BCUT2D eigenvalue weighted by molar-refractivity contribution is 7.76. The maximum Gasteiger partial charge on any atom is 0.205 e. The van der Waals surface area contributed by atoms with Crippen LogP contribution in [0.3, 0.4) is 0 Å². The zero-order chi connectivity index (χ0) is 21.5. The molecular weight excluding hydrogens is 399 g/mol. The number of hydrogen-bond acceptors (Lipinski definition) is 2. The smallest absolute Gasteiger partial charge is 0.205 e. The van der Waals surface area contributed by atoms with Gasteiger partial charge in [-0.3, -0.25) is 14.6 Å². The van der Waals surface area contributed by atoms with Gasteiger partial charge in [-0.25, -0.2) is 0 Å². The van der Waals surface area contributed by atoms with E-state index in [0.29, 0.717) is 0 Å². The quantitative estimate of drug-likeness (QED) is 0.249. The van der Waals surface area contributed by atoms with E-state index in [9.17, 15) is 4.57 Å². The fraction of sp³-hybridized carbons (Fsp3) is 0.222. The summed E-state index contributed by atoms with van der Waals surface area (Å²) in [4.78, 5) is 4.68. The molecule has 1 aromatic heterocycles. The SMILES string of the molecule is CCCCC[C@H](NP(=O)(c1ccccc1)c1ccccc1)c1cnc2ccccc2c1. The van der Waals surface area contributed by atoms with Crippen molar-refractivity contribution in [3.05, 3.63) is 103 Å². The van der Waals surface area contributed by atoms with Crippen molar-refractivity contribution >= 4 is 28.8 Å². The number of benzene rings is 3. The van der Waals surface area contributed by atoms with Gasteiger partial charge in [-0.15, -0.1) is 0 Å². The van der Waals surface area contributed by atoms with Gasteiger partial charge in [-0.05, 0) is 48.4 Å². The highest BCUT2D eigenvalue weighted by atomic mass is 31.2. The van der Waals surface area contributed by atoms with Gasteiger partial charge in [0.1, 0.15) is 0 Å². The van der Waals surface area contributed by atoms with Crippen LogP contribution in [0.1, 0.15) is 44.2 Å². The van der Waals surface area contributed by atoms with Gasteiger partial charge in [0.2, 0.25) is 7.29 Å². The maximum absolute atomic E-state index is 14.6. The molecule has 0 saturated heterocycles. The molecule has 4 rings (SSSR count). The number of para-hydroxylation sites is 1. The van der Waals surface area contributed by atoms with E-state index in [1.54, 1.807) is 0 Å². The highest BCUT2D eigenvalue weighted by Gasteiger charge is 2.30. The first-order chi connectivity index (χ1) is 15.2. The normalized spacial score (nSPS) is 12.7. The summed E-state index contributed by atoms with van der Waals surface area (Å²) in [5, 5.41) is 6.38. The second kappa shape index (κ2) is 10.0. The molecule has 31 heavy (non-hydrogen) atoms. The van der Waals surface area contributed by atoms with Crippen LogP contribution in [-0.2, 0) is 4.57 Å². The van der Waals surface area contributed by atoms with Crippen LogP contribution in [0.4, 0.5) is 0 Å². The van der Waals surface area contributed by atoms with E-state index in [1.807, 2.05) is 85.1 Å². The summed E-state index contributed by atoms with van der Waals surface area (Å²) in [5.74, 6) is 0. The summed E-state index contributed by atoms with van der Waals surface area (Å²) < 4.78 is 14.6. The second-order valence-electron chi connectivity index (χ2n) is 7.92. The highest BCUT2D eigenvalue weighted by Crippen LogP contribution is 2.43. The summed E-state index contributed by atoms with van der Waals surface area (Å²) in [6.45, 7) is 2.21. The summed E-state index contributed by atoms with van der Waals surface area (Å²) in [6.07, 6.45) is 6.23. The number of rotatable bonds is 9. The molecule has 0 saturated carbocycles. The minimum atomic E-state index is -3.03. The summed E-state index contributed by atoms with van der Waals surface area (Å²) >= 11 is 0. The van der Waals surface area contributed by atoms with Crippen LogP contribution in [0.15, 0.2) is 97.2 Å². The number of unbranched alkanes of at least 4 members (excludes halogenated alkanes) is 2. The number of fused-ring (bicyclic) bond motifs is 1.